The number of likely N-dealkylation sites (tertiary alicyclic amines) is 1. The van der Waals surface area contributed by atoms with Crippen molar-refractivity contribution in [2.45, 2.75) is 18.8 Å². The fraction of sp³-hybridized carbons (Fsp3) is 0.545. The van der Waals surface area contributed by atoms with Gasteiger partial charge in [0.1, 0.15) is 0 Å². The third kappa shape index (κ3) is 2.37. The molecule has 1 aliphatic heterocycles. The normalized spacial score (nSPS) is 18.1. The number of hydrogen-bond donors (Lipinski definition) is 1. The third-order valence-corrected chi connectivity index (χ3v) is 3.77. The number of rotatable bonds is 3. The van der Waals surface area contributed by atoms with Crippen molar-refractivity contribution in [1.29, 1.82) is 0 Å². The summed E-state index contributed by atoms with van der Waals surface area (Å²) in [6.07, 6.45) is 8.19. The van der Waals surface area contributed by atoms with Crippen LogP contribution in [0, 0.1) is 0 Å². The Bertz CT molecular complexity index is 313. The zero-order valence-electron chi connectivity index (χ0n) is 9.07. The Kier molecular flexibility index (Phi) is 3.36. The Hall–Kier alpha value is -0.900. The average Bonchev–Trinajstić information content (AvgIpc) is 2.82. The molecule has 0 amide bonds. The molecule has 1 fully saturated rings. The van der Waals surface area contributed by atoms with Gasteiger partial charge >= 0.3 is 0 Å². The van der Waals surface area contributed by atoms with E-state index in [0.717, 1.165) is 13.1 Å². The highest BCUT2D eigenvalue weighted by Gasteiger charge is 2.21. The van der Waals surface area contributed by atoms with E-state index >= 15 is 0 Å². The maximum absolute atomic E-state index is 4.08. The van der Waals surface area contributed by atoms with E-state index in [1.54, 1.807) is 18.1 Å². The summed E-state index contributed by atoms with van der Waals surface area (Å²) in [5, 5.41) is 1.19. The maximum atomic E-state index is 4.08. The van der Waals surface area contributed by atoms with Crippen LogP contribution in [0.5, 0.6) is 0 Å². The van der Waals surface area contributed by atoms with E-state index < -0.39 is 0 Å². The molecule has 82 valence electrons. The summed E-state index contributed by atoms with van der Waals surface area (Å²) in [5.74, 6) is 0.651. The molecule has 0 saturated carbocycles. The summed E-state index contributed by atoms with van der Waals surface area (Å²) >= 11 is 1.74. The summed E-state index contributed by atoms with van der Waals surface area (Å²) in [5.41, 5.74) is 1.28. The van der Waals surface area contributed by atoms with Gasteiger partial charge in [-0.2, -0.15) is 0 Å². The second kappa shape index (κ2) is 4.75. The number of aromatic amines is 1. The number of imidazole rings is 1. The standard InChI is InChI=1S/C11H17N3S/c1-9(15-2)14-5-3-10(4-6-14)11-7-12-8-13-11/h7-8,10H,1,3-6H2,2H3,(H,12,13). The molecule has 15 heavy (non-hydrogen) atoms. The van der Waals surface area contributed by atoms with Gasteiger partial charge in [0.2, 0.25) is 0 Å². The number of thioether (sulfide) groups is 1. The molecule has 1 N–H and O–H groups in total. The summed E-state index contributed by atoms with van der Waals surface area (Å²) in [4.78, 5) is 9.66. The van der Waals surface area contributed by atoms with E-state index in [1.807, 2.05) is 6.20 Å². The highest BCUT2D eigenvalue weighted by atomic mass is 32.2. The Labute approximate surface area is 95.0 Å². The van der Waals surface area contributed by atoms with E-state index in [0.29, 0.717) is 5.92 Å². The Balaban J connectivity index is 1.90. The van der Waals surface area contributed by atoms with Crippen LogP contribution < -0.4 is 0 Å². The minimum Gasteiger partial charge on any atom is -0.367 e. The summed E-state index contributed by atoms with van der Waals surface area (Å²) < 4.78 is 0. The number of hydrogen-bond acceptors (Lipinski definition) is 3. The molecule has 1 aromatic heterocycles. The van der Waals surface area contributed by atoms with E-state index in [2.05, 4.69) is 27.7 Å². The van der Waals surface area contributed by atoms with Crippen LogP contribution in [0.15, 0.2) is 24.1 Å². The lowest BCUT2D eigenvalue weighted by molar-refractivity contribution is 0.277. The van der Waals surface area contributed by atoms with Crippen LogP contribution in [0.2, 0.25) is 0 Å². The van der Waals surface area contributed by atoms with E-state index in [9.17, 15) is 0 Å². The minimum absolute atomic E-state index is 0.651. The van der Waals surface area contributed by atoms with Crippen LogP contribution in [0.1, 0.15) is 24.5 Å². The van der Waals surface area contributed by atoms with E-state index in [4.69, 9.17) is 0 Å². The Morgan fingerprint density at radius 3 is 2.87 bits per heavy atom. The van der Waals surface area contributed by atoms with E-state index in [-0.39, 0.29) is 0 Å². The number of piperidine rings is 1. The van der Waals surface area contributed by atoms with Gasteiger partial charge in [-0.1, -0.05) is 6.58 Å². The molecule has 0 atom stereocenters. The molecular weight excluding hydrogens is 206 g/mol. The van der Waals surface area contributed by atoms with Crippen molar-refractivity contribution in [3.8, 4) is 0 Å². The monoisotopic (exact) mass is 223 g/mol. The molecule has 0 bridgehead atoms. The Morgan fingerprint density at radius 2 is 2.33 bits per heavy atom. The van der Waals surface area contributed by atoms with Gasteiger partial charge in [-0.25, -0.2) is 4.98 Å². The van der Waals surface area contributed by atoms with Gasteiger partial charge in [-0.05, 0) is 19.1 Å². The first-order valence-electron chi connectivity index (χ1n) is 5.27. The average molecular weight is 223 g/mol. The van der Waals surface area contributed by atoms with Crippen LogP contribution in [-0.4, -0.2) is 34.2 Å². The van der Waals surface area contributed by atoms with E-state index in [1.165, 1.54) is 23.6 Å². The molecule has 1 aliphatic rings. The summed E-state index contributed by atoms with van der Waals surface area (Å²) in [6.45, 7) is 6.28. The first-order valence-corrected chi connectivity index (χ1v) is 6.50. The molecular formula is C11H17N3S. The second-order valence-corrected chi connectivity index (χ2v) is 4.75. The van der Waals surface area contributed by atoms with Gasteiger partial charge in [0.25, 0.3) is 0 Å². The van der Waals surface area contributed by atoms with Crippen molar-refractivity contribution in [3.63, 3.8) is 0 Å². The second-order valence-electron chi connectivity index (χ2n) is 3.87. The SMILES string of the molecule is C=C(SC)N1CCC(c2cnc[nH]2)CC1. The minimum atomic E-state index is 0.651. The molecule has 4 heteroatoms. The lowest BCUT2D eigenvalue weighted by atomic mass is 9.94. The molecule has 1 aromatic rings. The molecule has 0 aromatic carbocycles. The smallest absolute Gasteiger partial charge is 0.0921 e. The highest BCUT2D eigenvalue weighted by Crippen LogP contribution is 2.29. The molecule has 0 spiro atoms. The first kappa shape index (κ1) is 10.6. The Morgan fingerprint density at radius 1 is 1.60 bits per heavy atom. The van der Waals surface area contributed by atoms with Crippen LogP contribution in [0.25, 0.3) is 0 Å². The van der Waals surface area contributed by atoms with Gasteiger partial charge in [-0.15, -0.1) is 11.8 Å². The maximum Gasteiger partial charge on any atom is 0.0921 e. The number of aromatic nitrogens is 2. The predicted octanol–water partition coefficient (Wildman–Crippen LogP) is 2.42. The largest absolute Gasteiger partial charge is 0.367 e. The number of H-pyrrole nitrogens is 1. The number of nitrogens with one attached hydrogen (secondary N) is 1. The topological polar surface area (TPSA) is 31.9 Å². The predicted molar refractivity (Wildman–Crippen MR) is 64.8 cm³/mol. The lowest BCUT2D eigenvalue weighted by Crippen LogP contribution is -2.31. The summed E-state index contributed by atoms with van der Waals surface area (Å²) in [6, 6.07) is 0. The van der Waals surface area contributed by atoms with Crippen molar-refractivity contribution in [2.75, 3.05) is 19.3 Å². The zero-order chi connectivity index (χ0) is 10.7. The molecule has 0 unspecified atom stereocenters. The molecule has 3 nitrogen and oxygen atoms in total. The van der Waals surface area contributed by atoms with Crippen LogP contribution in [0.4, 0.5) is 0 Å². The van der Waals surface area contributed by atoms with Gasteiger partial charge in [0.05, 0.1) is 11.4 Å². The fourth-order valence-electron chi connectivity index (χ4n) is 2.06. The molecule has 2 rings (SSSR count). The first-order chi connectivity index (χ1) is 7.31. The van der Waals surface area contributed by atoms with Crippen molar-refractivity contribution >= 4 is 11.8 Å². The molecule has 2 heterocycles. The van der Waals surface area contributed by atoms with Crippen molar-refractivity contribution in [2.24, 2.45) is 0 Å². The highest BCUT2D eigenvalue weighted by molar-refractivity contribution is 8.02. The lowest BCUT2D eigenvalue weighted by Gasteiger charge is -2.33. The number of nitrogens with zero attached hydrogens (tertiary/aromatic N) is 2. The van der Waals surface area contributed by atoms with Crippen molar-refractivity contribution < 1.29 is 0 Å². The van der Waals surface area contributed by atoms with Crippen LogP contribution in [0.3, 0.4) is 0 Å². The third-order valence-electron chi connectivity index (χ3n) is 3.04. The molecule has 0 aliphatic carbocycles. The van der Waals surface area contributed by atoms with Gasteiger partial charge in [0.15, 0.2) is 0 Å². The molecule has 0 radical (unpaired) electrons. The quantitative estimate of drug-likeness (QED) is 0.854. The van der Waals surface area contributed by atoms with Gasteiger partial charge in [0, 0.05) is 30.9 Å². The fourth-order valence-corrected chi connectivity index (χ4v) is 2.50. The zero-order valence-corrected chi connectivity index (χ0v) is 9.89. The van der Waals surface area contributed by atoms with Crippen LogP contribution in [-0.2, 0) is 0 Å². The molecule has 1 saturated heterocycles. The van der Waals surface area contributed by atoms with Gasteiger partial charge < -0.3 is 9.88 Å². The summed E-state index contributed by atoms with van der Waals surface area (Å²) in [7, 11) is 0. The van der Waals surface area contributed by atoms with Gasteiger partial charge in [-0.3, -0.25) is 0 Å². The van der Waals surface area contributed by atoms with Crippen molar-refractivity contribution in [1.82, 2.24) is 14.9 Å². The van der Waals surface area contributed by atoms with Crippen molar-refractivity contribution in [3.05, 3.63) is 29.8 Å². The van der Waals surface area contributed by atoms with Crippen LogP contribution >= 0.6 is 11.8 Å².